The molecule has 2 aliphatic heterocycles. The van der Waals surface area contributed by atoms with Crippen LogP contribution in [0.4, 0.5) is 5.69 Å². The minimum absolute atomic E-state index is 0. The SMILES string of the molecule is Br.CN1CCC[C@@H]1CC1CNc2ccc(CCS(=O)(=O)c3ccccc3)cc21. The van der Waals surface area contributed by atoms with E-state index in [9.17, 15) is 8.42 Å². The van der Waals surface area contributed by atoms with Crippen LogP contribution in [0.2, 0.25) is 0 Å². The molecule has 2 heterocycles. The minimum atomic E-state index is -3.23. The largest absolute Gasteiger partial charge is 0.384 e. The summed E-state index contributed by atoms with van der Waals surface area (Å²) < 4.78 is 25.1. The van der Waals surface area contributed by atoms with Crippen LogP contribution in [0.1, 0.15) is 36.3 Å². The van der Waals surface area contributed by atoms with Gasteiger partial charge < -0.3 is 10.2 Å². The Kier molecular flexibility index (Phi) is 6.84. The van der Waals surface area contributed by atoms with Crippen LogP contribution in [0.5, 0.6) is 0 Å². The molecule has 1 N–H and O–H groups in total. The van der Waals surface area contributed by atoms with Crippen molar-refractivity contribution in [2.75, 3.05) is 31.2 Å². The highest BCUT2D eigenvalue weighted by atomic mass is 79.9. The van der Waals surface area contributed by atoms with E-state index in [-0.39, 0.29) is 22.7 Å². The van der Waals surface area contributed by atoms with E-state index in [0.29, 0.717) is 23.3 Å². The van der Waals surface area contributed by atoms with E-state index in [0.717, 1.165) is 12.1 Å². The van der Waals surface area contributed by atoms with E-state index in [4.69, 9.17) is 0 Å². The molecular formula is C22H29BrN2O2S. The smallest absolute Gasteiger partial charge is 0.178 e. The zero-order valence-electron chi connectivity index (χ0n) is 16.3. The molecule has 6 heteroatoms. The van der Waals surface area contributed by atoms with Crippen molar-refractivity contribution in [1.82, 2.24) is 4.90 Å². The second-order valence-corrected chi connectivity index (χ2v) is 10.0. The normalized spacial score (nSPS) is 21.8. The van der Waals surface area contributed by atoms with Crippen LogP contribution in [-0.2, 0) is 16.3 Å². The molecule has 4 rings (SSSR count). The maximum atomic E-state index is 12.6. The number of hydrogen-bond donors (Lipinski definition) is 1. The van der Waals surface area contributed by atoms with Gasteiger partial charge in [0.1, 0.15) is 0 Å². The standard InChI is InChI=1S/C22H28N2O2S.BrH/c1-24-12-5-6-19(24)15-18-16-23-22-10-9-17(14-21(18)22)11-13-27(25,26)20-7-3-2-4-8-20;/h2-4,7-10,14,18-19,23H,5-6,11-13,15-16H2,1H3;1H/t18?,19-;/m1./s1. The van der Waals surface area contributed by atoms with Crippen LogP contribution in [0, 0.1) is 0 Å². The molecule has 1 saturated heterocycles. The number of fused-ring (bicyclic) bond motifs is 1. The van der Waals surface area contributed by atoms with Crippen LogP contribution in [0.25, 0.3) is 0 Å². The van der Waals surface area contributed by atoms with Crippen LogP contribution in [-0.4, -0.2) is 45.2 Å². The Morgan fingerprint density at radius 1 is 1.14 bits per heavy atom. The fraction of sp³-hybridized carbons (Fsp3) is 0.455. The Balaban J connectivity index is 0.00000225. The number of nitrogens with one attached hydrogen (secondary N) is 1. The zero-order valence-corrected chi connectivity index (χ0v) is 18.8. The second kappa shape index (κ2) is 8.97. The maximum Gasteiger partial charge on any atom is 0.178 e. The van der Waals surface area contributed by atoms with E-state index in [1.54, 1.807) is 24.3 Å². The lowest BCUT2D eigenvalue weighted by atomic mass is 9.91. The summed E-state index contributed by atoms with van der Waals surface area (Å²) in [6.07, 6.45) is 4.33. The predicted octanol–water partition coefficient (Wildman–Crippen LogP) is 4.27. The van der Waals surface area contributed by atoms with E-state index in [2.05, 4.69) is 35.5 Å². The van der Waals surface area contributed by atoms with Crippen molar-refractivity contribution in [3.05, 3.63) is 59.7 Å². The van der Waals surface area contributed by atoms with Crippen LogP contribution in [0.15, 0.2) is 53.4 Å². The number of sulfone groups is 1. The first kappa shape index (κ1) is 21.3. The van der Waals surface area contributed by atoms with Gasteiger partial charge in [-0.3, -0.25) is 0 Å². The number of rotatable bonds is 6. The summed E-state index contributed by atoms with van der Waals surface area (Å²) in [5, 5.41) is 3.53. The summed E-state index contributed by atoms with van der Waals surface area (Å²) in [4.78, 5) is 2.89. The third-order valence-corrected chi connectivity index (χ3v) is 7.82. The molecule has 2 aromatic carbocycles. The molecule has 0 aliphatic carbocycles. The van der Waals surface area contributed by atoms with Crippen molar-refractivity contribution in [3.8, 4) is 0 Å². The lowest BCUT2D eigenvalue weighted by Crippen LogP contribution is -2.27. The predicted molar refractivity (Wildman–Crippen MR) is 120 cm³/mol. The summed E-state index contributed by atoms with van der Waals surface area (Å²) in [6.45, 7) is 2.19. The third-order valence-electron chi connectivity index (χ3n) is 6.08. The highest BCUT2D eigenvalue weighted by Crippen LogP contribution is 2.37. The van der Waals surface area contributed by atoms with Crippen LogP contribution < -0.4 is 5.32 Å². The molecule has 0 amide bonds. The number of likely N-dealkylation sites (tertiary alicyclic amines) is 1. The van der Waals surface area contributed by atoms with Gasteiger partial charge in [0, 0.05) is 24.2 Å². The number of aryl methyl sites for hydroxylation is 1. The average Bonchev–Trinajstić information content (AvgIpc) is 3.27. The molecular weight excluding hydrogens is 436 g/mol. The van der Waals surface area contributed by atoms with Crippen molar-refractivity contribution in [2.24, 2.45) is 0 Å². The van der Waals surface area contributed by atoms with Gasteiger partial charge in [0.2, 0.25) is 0 Å². The highest BCUT2D eigenvalue weighted by Gasteiger charge is 2.29. The summed E-state index contributed by atoms with van der Waals surface area (Å²) in [5.74, 6) is 0.676. The molecule has 0 bridgehead atoms. The van der Waals surface area contributed by atoms with Gasteiger partial charge in [-0.15, -0.1) is 17.0 Å². The number of halogens is 1. The van der Waals surface area contributed by atoms with Gasteiger partial charge in [0.25, 0.3) is 0 Å². The molecule has 0 radical (unpaired) electrons. The first-order chi connectivity index (χ1) is 13.0. The third kappa shape index (κ3) is 4.61. The van der Waals surface area contributed by atoms with E-state index in [1.807, 2.05) is 6.07 Å². The van der Waals surface area contributed by atoms with Crippen molar-refractivity contribution in [3.63, 3.8) is 0 Å². The quantitative estimate of drug-likeness (QED) is 0.692. The van der Waals surface area contributed by atoms with Gasteiger partial charge in [0.05, 0.1) is 10.6 Å². The van der Waals surface area contributed by atoms with Gasteiger partial charge in [-0.25, -0.2) is 8.42 Å². The molecule has 0 saturated carbocycles. The Morgan fingerprint density at radius 2 is 1.93 bits per heavy atom. The molecule has 152 valence electrons. The van der Waals surface area contributed by atoms with Gasteiger partial charge in [-0.05, 0) is 68.6 Å². The fourth-order valence-electron chi connectivity index (χ4n) is 4.42. The lowest BCUT2D eigenvalue weighted by Gasteiger charge is -2.23. The summed E-state index contributed by atoms with van der Waals surface area (Å²) in [6, 6.07) is 15.8. The summed E-state index contributed by atoms with van der Waals surface area (Å²) in [7, 11) is -1.01. The van der Waals surface area contributed by atoms with Crippen LogP contribution >= 0.6 is 17.0 Å². The molecule has 28 heavy (non-hydrogen) atoms. The van der Waals surface area contributed by atoms with Crippen molar-refractivity contribution in [2.45, 2.75) is 42.5 Å². The molecule has 4 nitrogen and oxygen atoms in total. The average molecular weight is 465 g/mol. The molecule has 2 atom stereocenters. The van der Waals surface area contributed by atoms with Crippen molar-refractivity contribution < 1.29 is 8.42 Å². The Hall–Kier alpha value is -1.37. The molecule has 1 unspecified atom stereocenters. The summed E-state index contributed by atoms with van der Waals surface area (Å²) in [5.41, 5.74) is 3.70. The van der Waals surface area contributed by atoms with Crippen molar-refractivity contribution >= 4 is 32.5 Å². The van der Waals surface area contributed by atoms with E-state index >= 15 is 0 Å². The number of hydrogen-bond acceptors (Lipinski definition) is 4. The maximum absolute atomic E-state index is 12.6. The molecule has 2 aliphatic rings. The fourth-order valence-corrected chi connectivity index (χ4v) is 5.74. The molecule has 0 spiro atoms. The van der Waals surface area contributed by atoms with Gasteiger partial charge >= 0.3 is 0 Å². The number of nitrogens with zero attached hydrogens (tertiary/aromatic N) is 1. The van der Waals surface area contributed by atoms with E-state index < -0.39 is 9.84 Å². The topological polar surface area (TPSA) is 49.4 Å². The summed E-state index contributed by atoms with van der Waals surface area (Å²) >= 11 is 0. The zero-order chi connectivity index (χ0) is 18.9. The van der Waals surface area contributed by atoms with Gasteiger partial charge in [-0.2, -0.15) is 0 Å². The minimum Gasteiger partial charge on any atom is -0.384 e. The first-order valence-electron chi connectivity index (χ1n) is 9.88. The Morgan fingerprint density at radius 3 is 2.64 bits per heavy atom. The Labute approximate surface area is 179 Å². The second-order valence-electron chi connectivity index (χ2n) is 7.89. The van der Waals surface area contributed by atoms with Crippen LogP contribution in [0.3, 0.4) is 0 Å². The molecule has 0 aromatic heterocycles. The number of anilines is 1. The highest BCUT2D eigenvalue weighted by molar-refractivity contribution is 8.93. The molecule has 2 aromatic rings. The van der Waals surface area contributed by atoms with Gasteiger partial charge in [-0.1, -0.05) is 30.3 Å². The van der Waals surface area contributed by atoms with Gasteiger partial charge in [0.15, 0.2) is 9.84 Å². The number of benzene rings is 2. The Bertz CT molecular complexity index is 902. The van der Waals surface area contributed by atoms with E-state index in [1.165, 1.54) is 37.1 Å². The molecule has 1 fully saturated rings. The lowest BCUT2D eigenvalue weighted by molar-refractivity contribution is 0.285. The van der Waals surface area contributed by atoms with Crippen molar-refractivity contribution in [1.29, 1.82) is 0 Å². The monoisotopic (exact) mass is 464 g/mol. The first-order valence-corrected chi connectivity index (χ1v) is 11.5.